The molecule has 2 saturated heterocycles. The van der Waals surface area contributed by atoms with Gasteiger partial charge in [-0.05, 0) is 37.5 Å². The largest absolute Gasteiger partial charge is 0.375 e. The molecule has 3 amide bonds. The minimum Gasteiger partial charge on any atom is -0.375 e. The zero-order valence-corrected chi connectivity index (χ0v) is 19.8. The number of methoxy groups -OCH3 is 1. The highest BCUT2D eigenvalue weighted by molar-refractivity contribution is 5.96. The van der Waals surface area contributed by atoms with Gasteiger partial charge in [0, 0.05) is 25.9 Å². The summed E-state index contributed by atoms with van der Waals surface area (Å²) in [7, 11) is 1.50. The number of hydrogen-bond donors (Lipinski definition) is 1. The molecule has 8 nitrogen and oxygen atoms in total. The number of piperidine rings is 1. The number of carbonyl (C=O) groups is 3. The van der Waals surface area contributed by atoms with Crippen LogP contribution in [0.4, 0.5) is 5.69 Å². The third-order valence-corrected chi connectivity index (χ3v) is 6.80. The summed E-state index contributed by atoms with van der Waals surface area (Å²) in [4.78, 5) is 44.4. The topological polar surface area (TPSA) is 82.2 Å². The predicted octanol–water partition coefficient (Wildman–Crippen LogP) is 2.18. The van der Waals surface area contributed by atoms with E-state index in [0.29, 0.717) is 32.6 Å². The SMILES string of the molecule is COCC(=O)N1CCC2(CC1)C(=O)N(CC(=O)NC(C)c1ccccc1)CN2c1ccccc1. The lowest BCUT2D eigenvalue weighted by molar-refractivity contribution is -0.141. The quantitative estimate of drug-likeness (QED) is 0.679. The molecule has 2 fully saturated rings. The first-order valence-electron chi connectivity index (χ1n) is 11.7. The number of likely N-dealkylation sites (tertiary alicyclic amines) is 1. The predicted molar refractivity (Wildman–Crippen MR) is 129 cm³/mol. The van der Waals surface area contributed by atoms with Crippen LogP contribution in [0.5, 0.6) is 0 Å². The van der Waals surface area contributed by atoms with Crippen molar-refractivity contribution in [3.63, 3.8) is 0 Å². The molecule has 0 bridgehead atoms. The van der Waals surface area contributed by atoms with E-state index in [9.17, 15) is 14.4 Å². The second-order valence-corrected chi connectivity index (χ2v) is 8.95. The summed E-state index contributed by atoms with van der Waals surface area (Å²) in [6.07, 6.45) is 1.02. The highest BCUT2D eigenvalue weighted by atomic mass is 16.5. The molecule has 1 atom stereocenters. The van der Waals surface area contributed by atoms with Gasteiger partial charge in [-0.3, -0.25) is 14.4 Å². The van der Waals surface area contributed by atoms with Gasteiger partial charge < -0.3 is 24.8 Å². The zero-order chi connectivity index (χ0) is 24.1. The van der Waals surface area contributed by atoms with Crippen LogP contribution in [0.2, 0.25) is 0 Å². The van der Waals surface area contributed by atoms with Gasteiger partial charge in [0.15, 0.2) is 0 Å². The molecule has 34 heavy (non-hydrogen) atoms. The van der Waals surface area contributed by atoms with E-state index in [4.69, 9.17) is 4.74 Å². The Kier molecular flexibility index (Phi) is 7.17. The van der Waals surface area contributed by atoms with Gasteiger partial charge in [-0.15, -0.1) is 0 Å². The van der Waals surface area contributed by atoms with Crippen molar-refractivity contribution in [1.82, 2.24) is 15.1 Å². The molecule has 180 valence electrons. The van der Waals surface area contributed by atoms with Crippen LogP contribution in [0.25, 0.3) is 0 Å². The van der Waals surface area contributed by atoms with E-state index in [0.717, 1.165) is 11.3 Å². The van der Waals surface area contributed by atoms with Gasteiger partial charge in [0.25, 0.3) is 5.91 Å². The number of rotatable bonds is 7. The maximum atomic E-state index is 13.7. The van der Waals surface area contributed by atoms with Gasteiger partial charge in [0.1, 0.15) is 18.7 Å². The van der Waals surface area contributed by atoms with E-state index in [1.54, 1.807) is 9.80 Å². The summed E-state index contributed by atoms with van der Waals surface area (Å²) < 4.78 is 4.99. The Morgan fingerprint density at radius 3 is 2.26 bits per heavy atom. The summed E-state index contributed by atoms with van der Waals surface area (Å²) in [5.41, 5.74) is 1.18. The van der Waals surface area contributed by atoms with Crippen molar-refractivity contribution in [1.29, 1.82) is 0 Å². The molecule has 2 aromatic rings. The summed E-state index contributed by atoms with van der Waals surface area (Å²) in [5.74, 6) is -0.319. The van der Waals surface area contributed by atoms with Gasteiger partial charge in [0.2, 0.25) is 11.8 Å². The van der Waals surface area contributed by atoms with Crippen LogP contribution in [0, 0.1) is 0 Å². The molecule has 2 heterocycles. The number of nitrogens with zero attached hydrogens (tertiary/aromatic N) is 3. The molecular formula is C26H32N4O4. The molecule has 4 rings (SSSR count). The molecule has 2 aliphatic rings. The Morgan fingerprint density at radius 1 is 1.03 bits per heavy atom. The van der Waals surface area contributed by atoms with E-state index in [-0.39, 0.29) is 36.9 Å². The van der Waals surface area contributed by atoms with E-state index in [2.05, 4.69) is 10.2 Å². The normalized spacial score (nSPS) is 18.3. The van der Waals surface area contributed by atoms with Crippen LogP contribution in [0.3, 0.4) is 0 Å². The van der Waals surface area contributed by atoms with Gasteiger partial charge in [0.05, 0.1) is 12.7 Å². The van der Waals surface area contributed by atoms with E-state index >= 15 is 0 Å². The van der Waals surface area contributed by atoms with Crippen molar-refractivity contribution in [3.8, 4) is 0 Å². The number of carbonyl (C=O) groups excluding carboxylic acids is 3. The summed E-state index contributed by atoms with van der Waals surface area (Å²) >= 11 is 0. The first kappa shape index (κ1) is 23.8. The number of para-hydroxylation sites is 1. The Balaban J connectivity index is 1.49. The molecule has 0 aromatic heterocycles. The third kappa shape index (κ3) is 4.77. The Hall–Kier alpha value is -3.39. The monoisotopic (exact) mass is 464 g/mol. The lowest BCUT2D eigenvalue weighted by Crippen LogP contribution is -2.57. The van der Waals surface area contributed by atoms with Gasteiger partial charge in [-0.2, -0.15) is 0 Å². The molecule has 8 heteroatoms. The van der Waals surface area contributed by atoms with Crippen LogP contribution >= 0.6 is 0 Å². The smallest absolute Gasteiger partial charge is 0.250 e. The average Bonchev–Trinajstić information content (AvgIpc) is 3.11. The second-order valence-electron chi connectivity index (χ2n) is 8.95. The summed E-state index contributed by atoms with van der Waals surface area (Å²) in [6, 6.07) is 19.4. The minimum absolute atomic E-state index is 0.00654. The first-order valence-corrected chi connectivity index (χ1v) is 11.7. The fourth-order valence-corrected chi connectivity index (χ4v) is 4.95. The molecule has 2 aromatic carbocycles. The van der Waals surface area contributed by atoms with Crippen molar-refractivity contribution >= 4 is 23.4 Å². The zero-order valence-electron chi connectivity index (χ0n) is 19.8. The third-order valence-electron chi connectivity index (χ3n) is 6.80. The maximum absolute atomic E-state index is 13.7. The van der Waals surface area contributed by atoms with Crippen LogP contribution < -0.4 is 10.2 Å². The van der Waals surface area contributed by atoms with Crippen molar-refractivity contribution in [2.45, 2.75) is 31.3 Å². The fourth-order valence-electron chi connectivity index (χ4n) is 4.95. The van der Waals surface area contributed by atoms with E-state index in [1.807, 2.05) is 67.6 Å². The van der Waals surface area contributed by atoms with Crippen molar-refractivity contribution in [2.24, 2.45) is 0 Å². The Morgan fingerprint density at radius 2 is 1.65 bits per heavy atom. The standard InChI is InChI=1S/C26H32N4O4/c1-20(21-9-5-3-6-10-21)27-23(31)17-29-19-30(22-11-7-4-8-12-22)26(25(29)33)13-15-28(16-14-26)24(32)18-34-2/h3-12,20H,13-19H2,1-2H3,(H,27,31). The molecular weight excluding hydrogens is 432 g/mol. The number of benzene rings is 2. The molecule has 1 N–H and O–H groups in total. The molecule has 0 aliphatic carbocycles. The minimum atomic E-state index is -0.767. The van der Waals surface area contributed by atoms with E-state index < -0.39 is 5.54 Å². The number of ether oxygens (including phenoxy) is 1. The van der Waals surface area contributed by atoms with Crippen molar-refractivity contribution < 1.29 is 19.1 Å². The number of hydrogen-bond acceptors (Lipinski definition) is 5. The molecule has 1 spiro atoms. The van der Waals surface area contributed by atoms with Crippen LogP contribution in [0.15, 0.2) is 60.7 Å². The molecule has 0 saturated carbocycles. The number of amides is 3. The van der Waals surface area contributed by atoms with Crippen LogP contribution in [-0.4, -0.2) is 73.1 Å². The highest BCUT2D eigenvalue weighted by Gasteiger charge is 2.54. The van der Waals surface area contributed by atoms with Crippen LogP contribution in [-0.2, 0) is 19.1 Å². The lowest BCUT2D eigenvalue weighted by Gasteiger charge is -2.43. The maximum Gasteiger partial charge on any atom is 0.250 e. The van der Waals surface area contributed by atoms with Crippen LogP contribution in [0.1, 0.15) is 31.4 Å². The Labute approximate surface area is 200 Å². The van der Waals surface area contributed by atoms with Crippen molar-refractivity contribution in [2.75, 3.05) is 44.9 Å². The van der Waals surface area contributed by atoms with Gasteiger partial charge >= 0.3 is 0 Å². The average molecular weight is 465 g/mol. The Bertz CT molecular complexity index is 1010. The fraction of sp³-hybridized carbons (Fsp3) is 0.423. The van der Waals surface area contributed by atoms with Crippen molar-refractivity contribution in [3.05, 3.63) is 66.2 Å². The van der Waals surface area contributed by atoms with Gasteiger partial charge in [-0.1, -0.05) is 48.5 Å². The number of nitrogens with one attached hydrogen (secondary N) is 1. The lowest BCUT2D eigenvalue weighted by atomic mass is 9.85. The number of anilines is 1. The van der Waals surface area contributed by atoms with Gasteiger partial charge in [-0.25, -0.2) is 0 Å². The molecule has 1 unspecified atom stereocenters. The summed E-state index contributed by atoms with van der Waals surface area (Å²) in [5, 5.41) is 3.01. The van der Waals surface area contributed by atoms with E-state index in [1.165, 1.54) is 7.11 Å². The second kappa shape index (κ2) is 10.3. The first-order chi connectivity index (χ1) is 16.4. The highest BCUT2D eigenvalue weighted by Crippen LogP contribution is 2.39. The molecule has 0 radical (unpaired) electrons. The molecule has 2 aliphatic heterocycles. The summed E-state index contributed by atoms with van der Waals surface area (Å²) in [6.45, 7) is 3.25.